The van der Waals surface area contributed by atoms with Crippen LogP contribution in [0.1, 0.15) is 39.5 Å². The van der Waals surface area contributed by atoms with Gasteiger partial charge in [-0.25, -0.2) is 9.55 Å². The van der Waals surface area contributed by atoms with Crippen LogP contribution in [-0.4, -0.2) is 18.2 Å². The fourth-order valence-electron chi connectivity index (χ4n) is 1.80. The molecule has 1 aromatic carbocycles. The molecule has 0 atom stereocenters. The number of nitrogens with one attached hydrogen (secondary N) is 2. The summed E-state index contributed by atoms with van der Waals surface area (Å²) in [5, 5.41) is 3.33. The smallest absolute Gasteiger partial charge is 0.296 e. The van der Waals surface area contributed by atoms with E-state index < -0.39 is 7.75 Å². The van der Waals surface area contributed by atoms with Gasteiger partial charge in [0.05, 0.1) is 23.4 Å². The van der Waals surface area contributed by atoms with Gasteiger partial charge in [-0.15, -0.1) is 5.20 Å². The molecule has 23 heavy (non-hydrogen) atoms. The molecule has 2 aromatic rings. The van der Waals surface area contributed by atoms with E-state index in [1.54, 1.807) is 0 Å². The van der Waals surface area contributed by atoms with Crippen molar-refractivity contribution in [2.75, 3.05) is 18.6 Å². The topological polar surface area (TPSA) is 72.5 Å². The van der Waals surface area contributed by atoms with Crippen molar-refractivity contribution in [3.8, 4) is 0 Å². The van der Waals surface area contributed by atoms with E-state index in [9.17, 15) is 4.57 Å². The minimum absolute atomic E-state index is 0.397. The molecule has 0 unspecified atom stereocenters. The molecular weight excluding hydrogens is 333 g/mol. The Balaban J connectivity index is 1.96. The van der Waals surface area contributed by atoms with Crippen molar-refractivity contribution in [3.63, 3.8) is 0 Å². The minimum Gasteiger partial charge on any atom is -0.296 e. The summed E-state index contributed by atoms with van der Waals surface area (Å²) in [6.45, 7) is 4.90. The number of rotatable bonds is 11. The second kappa shape index (κ2) is 9.35. The van der Waals surface area contributed by atoms with Crippen LogP contribution in [0, 0.1) is 0 Å². The Labute approximate surface area is 141 Å². The molecule has 0 aliphatic carbocycles. The second-order valence-electron chi connectivity index (χ2n) is 5.09. The zero-order valence-corrected chi connectivity index (χ0v) is 15.3. The number of hydrogen-bond donors (Lipinski definition) is 2. The Morgan fingerprint density at radius 2 is 1.78 bits per heavy atom. The molecule has 0 fully saturated rings. The zero-order chi connectivity index (χ0) is 16.5. The first-order valence-corrected chi connectivity index (χ1v) is 10.3. The predicted molar refractivity (Wildman–Crippen MR) is 95.7 cm³/mol. The molecule has 0 aliphatic rings. The summed E-state index contributed by atoms with van der Waals surface area (Å²) >= 11 is 1.48. The predicted octanol–water partition coefficient (Wildman–Crippen LogP) is 4.95. The monoisotopic (exact) mass is 357 g/mol. The van der Waals surface area contributed by atoms with Crippen LogP contribution >= 0.6 is 19.1 Å². The van der Waals surface area contributed by atoms with E-state index in [1.807, 2.05) is 24.3 Å². The summed E-state index contributed by atoms with van der Waals surface area (Å²) in [7, 11) is -3.38. The van der Waals surface area contributed by atoms with Gasteiger partial charge in [0.25, 0.3) is 0 Å². The summed E-state index contributed by atoms with van der Waals surface area (Å²) < 4.78 is 24.7. The van der Waals surface area contributed by atoms with Gasteiger partial charge in [0.1, 0.15) is 0 Å². The third-order valence-electron chi connectivity index (χ3n) is 3.11. The van der Waals surface area contributed by atoms with E-state index >= 15 is 0 Å². The van der Waals surface area contributed by atoms with Crippen LogP contribution in [0.5, 0.6) is 0 Å². The van der Waals surface area contributed by atoms with Gasteiger partial charge in [-0.2, -0.15) is 0 Å². The minimum atomic E-state index is -3.38. The molecule has 6 nitrogen and oxygen atoms in total. The van der Waals surface area contributed by atoms with Crippen LogP contribution < -0.4 is 10.6 Å². The summed E-state index contributed by atoms with van der Waals surface area (Å²) in [5.41, 5.74) is 3.77. The highest BCUT2D eigenvalue weighted by Crippen LogP contribution is 2.44. The molecule has 0 bridgehead atoms. The van der Waals surface area contributed by atoms with Crippen LogP contribution in [-0.2, 0) is 13.6 Å². The fraction of sp³-hybridized carbons (Fsp3) is 0.533. The lowest BCUT2D eigenvalue weighted by atomic mass is 10.3. The van der Waals surface area contributed by atoms with Crippen LogP contribution in [0.2, 0.25) is 0 Å². The standard InChI is InChI=1S/C15H24N3O3PS/c1-3-5-11-20-22(19,21-12-6-4-2)18-17-15-16-13-9-7-8-10-14(13)23-15/h7-10H,3-6,11-12H2,1-2H3,(H,16,17)(H,18,19). The maximum absolute atomic E-state index is 12.7. The van der Waals surface area contributed by atoms with Crippen molar-refractivity contribution in [1.82, 2.24) is 10.2 Å². The molecule has 1 aromatic heterocycles. The largest absolute Gasteiger partial charge is 0.423 e. The molecule has 0 aliphatic heterocycles. The van der Waals surface area contributed by atoms with Crippen LogP contribution in [0.4, 0.5) is 5.13 Å². The van der Waals surface area contributed by atoms with E-state index in [0.717, 1.165) is 35.9 Å². The Morgan fingerprint density at radius 3 is 2.39 bits per heavy atom. The molecule has 0 radical (unpaired) electrons. The Bertz CT molecular complexity index is 603. The number of aromatic nitrogens is 1. The Hall–Kier alpha value is -0.980. The normalized spacial score (nSPS) is 11.9. The van der Waals surface area contributed by atoms with Crippen molar-refractivity contribution >= 4 is 34.4 Å². The number of anilines is 1. The lowest BCUT2D eigenvalue weighted by molar-refractivity contribution is 0.193. The third-order valence-corrected chi connectivity index (χ3v) is 5.49. The van der Waals surface area contributed by atoms with Crippen molar-refractivity contribution in [2.45, 2.75) is 39.5 Å². The highest BCUT2D eigenvalue weighted by atomic mass is 32.1. The summed E-state index contributed by atoms with van der Waals surface area (Å²) in [5.74, 6) is 0. The number of benzene rings is 1. The van der Waals surface area contributed by atoms with Gasteiger partial charge in [-0.05, 0) is 25.0 Å². The van der Waals surface area contributed by atoms with Crippen molar-refractivity contribution in [2.24, 2.45) is 0 Å². The van der Waals surface area contributed by atoms with Crippen molar-refractivity contribution in [1.29, 1.82) is 0 Å². The number of para-hydroxylation sites is 1. The third kappa shape index (κ3) is 5.86. The van der Waals surface area contributed by atoms with Gasteiger partial charge < -0.3 is 0 Å². The number of fused-ring (bicyclic) bond motifs is 1. The number of hydrazine groups is 1. The van der Waals surface area contributed by atoms with E-state index in [4.69, 9.17) is 9.05 Å². The number of unbranched alkanes of at least 4 members (excludes halogenated alkanes) is 2. The van der Waals surface area contributed by atoms with Gasteiger partial charge in [0.15, 0.2) is 5.13 Å². The molecule has 0 spiro atoms. The van der Waals surface area contributed by atoms with Crippen LogP contribution in [0.15, 0.2) is 24.3 Å². The first-order chi connectivity index (χ1) is 11.2. The lowest BCUT2D eigenvalue weighted by Gasteiger charge is -2.19. The average Bonchev–Trinajstić information content (AvgIpc) is 2.97. The zero-order valence-electron chi connectivity index (χ0n) is 13.6. The van der Waals surface area contributed by atoms with E-state index in [1.165, 1.54) is 11.3 Å². The van der Waals surface area contributed by atoms with Crippen molar-refractivity contribution < 1.29 is 13.6 Å². The molecule has 128 valence electrons. The maximum Gasteiger partial charge on any atom is 0.423 e. The first-order valence-electron chi connectivity index (χ1n) is 7.95. The highest BCUT2D eigenvalue weighted by molar-refractivity contribution is 7.51. The van der Waals surface area contributed by atoms with Gasteiger partial charge in [-0.1, -0.05) is 50.2 Å². The molecule has 8 heteroatoms. The average molecular weight is 357 g/mol. The molecule has 2 N–H and O–H groups in total. The van der Waals surface area contributed by atoms with E-state index in [-0.39, 0.29) is 0 Å². The van der Waals surface area contributed by atoms with Gasteiger partial charge in [-0.3, -0.25) is 14.5 Å². The van der Waals surface area contributed by atoms with Crippen molar-refractivity contribution in [3.05, 3.63) is 24.3 Å². The van der Waals surface area contributed by atoms with Gasteiger partial charge >= 0.3 is 7.75 Å². The van der Waals surface area contributed by atoms with Crippen LogP contribution in [0.25, 0.3) is 10.2 Å². The summed E-state index contributed by atoms with van der Waals surface area (Å²) in [6.07, 6.45) is 3.62. The summed E-state index contributed by atoms with van der Waals surface area (Å²) in [6, 6.07) is 7.83. The molecule has 1 heterocycles. The van der Waals surface area contributed by atoms with Crippen LogP contribution in [0.3, 0.4) is 0 Å². The number of hydrogen-bond acceptors (Lipinski definition) is 6. The second-order valence-corrected chi connectivity index (χ2v) is 7.86. The van der Waals surface area contributed by atoms with Gasteiger partial charge in [0.2, 0.25) is 0 Å². The molecule has 0 amide bonds. The van der Waals surface area contributed by atoms with E-state index in [0.29, 0.717) is 18.3 Å². The number of nitrogens with zero attached hydrogens (tertiary/aromatic N) is 1. The maximum atomic E-state index is 12.7. The SMILES string of the molecule is CCCCOP(=O)(NNc1nc2ccccc2s1)OCCCC. The molecular formula is C15H24N3O3PS. The summed E-state index contributed by atoms with van der Waals surface area (Å²) in [4.78, 5) is 4.42. The fourth-order valence-corrected chi connectivity index (χ4v) is 3.88. The Kier molecular flexibility index (Phi) is 7.46. The van der Waals surface area contributed by atoms with E-state index in [2.05, 4.69) is 29.5 Å². The van der Waals surface area contributed by atoms with Gasteiger partial charge in [0, 0.05) is 0 Å². The Morgan fingerprint density at radius 1 is 1.13 bits per heavy atom. The quantitative estimate of drug-likeness (QED) is 0.337. The molecule has 0 saturated heterocycles. The molecule has 2 rings (SSSR count). The first kappa shape index (κ1) is 18.4. The lowest BCUT2D eigenvalue weighted by Crippen LogP contribution is -2.22. The molecule has 0 saturated carbocycles. The highest BCUT2D eigenvalue weighted by Gasteiger charge is 2.24. The number of thiazole rings is 1.